The molecule has 0 aromatic carbocycles. The predicted octanol–water partition coefficient (Wildman–Crippen LogP) is 4.01. The molecule has 4 heteroatoms. The average Bonchev–Trinajstić information content (AvgIpc) is 3.03. The minimum Gasteiger partial charge on any atom is -0.468 e. The van der Waals surface area contributed by atoms with Crippen molar-refractivity contribution >= 4 is 11.8 Å². The van der Waals surface area contributed by atoms with Gasteiger partial charge in [0.1, 0.15) is 5.76 Å². The van der Waals surface area contributed by atoms with Crippen LogP contribution in [0.4, 0.5) is 0 Å². The van der Waals surface area contributed by atoms with E-state index >= 15 is 0 Å². The molecule has 3 heterocycles. The Labute approximate surface area is 132 Å². The zero-order valence-corrected chi connectivity index (χ0v) is 13.8. The summed E-state index contributed by atoms with van der Waals surface area (Å²) in [4.78, 5) is 0. The standard InChI is InChI=1S/C17H27NO2S/c1-2-8-18-16(15-4-3-9-19-15)14-5-10-20-17(13-14)6-11-21-12-7-17/h3-4,9,14,16,18H,2,5-8,10-13H2,1H3. The molecule has 2 saturated heterocycles. The average molecular weight is 309 g/mol. The molecule has 1 N–H and O–H groups in total. The van der Waals surface area contributed by atoms with E-state index < -0.39 is 0 Å². The van der Waals surface area contributed by atoms with Crippen molar-refractivity contribution in [3.63, 3.8) is 0 Å². The van der Waals surface area contributed by atoms with Gasteiger partial charge in [-0.15, -0.1) is 0 Å². The van der Waals surface area contributed by atoms with E-state index in [-0.39, 0.29) is 5.60 Å². The van der Waals surface area contributed by atoms with Crippen LogP contribution in [0.2, 0.25) is 0 Å². The van der Waals surface area contributed by atoms with E-state index in [0.717, 1.165) is 31.8 Å². The Morgan fingerprint density at radius 1 is 1.43 bits per heavy atom. The van der Waals surface area contributed by atoms with Crippen molar-refractivity contribution in [1.82, 2.24) is 5.32 Å². The molecule has 1 spiro atoms. The third-order valence-corrected chi connectivity index (χ3v) is 5.86. The van der Waals surface area contributed by atoms with Crippen LogP contribution in [0.1, 0.15) is 50.8 Å². The van der Waals surface area contributed by atoms with Crippen LogP contribution in [-0.2, 0) is 4.74 Å². The lowest BCUT2D eigenvalue weighted by molar-refractivity contribution is -0.108. The van der Waals surface area contributed by atoms with Gasteiger partial charge < -0.3 is 14.5 Å². The second-order valence-electron chi connectivity index (χ2n) is 6.34. The van der Waals surface area contributed by atoms with E-state index in [1.165, 1.54) is 30.8 Å². The molecule has 2 aliphatic rings. The van der Waals surface area contributed by atoms with E-state index in [2.05, 4.69) is 30.1 Å². The largest absolute Gasteiger partial charge is 0.468 e. The molecule has 3 nitrogen and oxygen atoms in total. The summed E-state index contributed by atoms with van der Waals surface area (Å²) in [6.45, 7) is 4.17. The van der Waals surface area contributed by atoms with Crippen molar-refractivity contribution in [2.75, 3.05) is 24.7 Å². The molecule has 0 radical (unpaired) electrons. The molecule has 21 heavy (non-hydrogen) atoms. The van der Waals surface area contributed by atoms with Gasteiger partial charge in [0.25, 0.3) is 0 Å². The van der Waals surface area contributed by atoms with Gasteiger partial charge in [0.2, 0.25) is 0 Å². The number of thioether (sulfide) groups is 1. The fraction of sp³-hybridized carbons (Fsp3) is 0.765. The van der Waals surface area contributed by atoms with E-state index in [4.69, 9.17) is 9.15 Å². The maximum atomic E-state index is 6.24. The molecular weight excluding hydrogens is 282 g/mol. The second-order valence-corrected chi connectivity index (χ2v) is 7.57. The Balaban J connectivity index is 1.72. The quantitative estimate of drug-likeness (QED) is 0.891. The summed E-state index contributed by atoms with van der Waals surface area (Å²) in [6, 6.07) is 4.46. The predicted molar refractivity (Wildman–Crippen MR) is 87.7 cm³/mol. The highest BCUT2D eigenvalue weighted by molar-refractivity contribution is 7.99. The lowest BCUT2D eigenvalue weighted by atomic mass is 9.78. The van der Waals surface area contributed by atoms with Crippen molar-refractivity contribution in [1.29, 1.82) is 0 Å². The van der Waals surface area contributed by atoms with Crippen molar-refractivity contribution in [2.24, 2.45) is 5.92 Å². The maximum Gasteiger partial charge on any atom is 0.120 e. The van der Waals surface area contributed by atoms with Gasteiger partial charge in [-0.25, -0.2) is 0 Å². The van der Waals surface area contributed by atoms with Gasteiger partial charge in [0.15, 0.2) is 0 Å². The van der Waals surface area contributed by atoms with E-state index in [1.54, 1.807) is 6.26 Å². The third kappa shape index (κ3) is 3.66. The summed E-state index contributed by atoms with van der Waals surface area (Å²) in [6.07, 6.45) is 7.69. The Hall–Kier alpha value is -0.450. The van der Waals surface area contributed by atoms with Crippen LogP contribution in [0.15, 0.2) is 22.8 Å². The number of rotatable bonds is 5. The van der Waals surface area contributed by atoms with Gasteiger partial charge in [-0.3, -0.25) is 0 Å². The summed E-state index contributed by atoms with van der Waals surface area (Å²) in [7, 11) is 0. The molecule has 1 aromatic heterocycles. The molecule has 2 fully saturated rings. The van der Waals surface area contributed by atoms with Gasteiger partial charge in [0.05, 0.1) is 17.9 Å². The fourth-order valence-electron chi connectivity index (χ4n) is 3.71. The first-order valence-electron chi connectivity index (χ1n) is 8.31. The molecular formula is C17H27NO2S. The lowest BCUT2D eigenvalue weighted by Gasteiger charge is -2.45. The first-order valence-corrected chi connectivity index (χ1v) is 9.47. The van der Waals surface area contributed by atoms with Crippen LogP contribution in [0.25, 0.3) is 0 Å². The highest BCUT2D eigenvalue weighted by Gasteiger charge is 2.41. The molecule has 118 valence electrons. The van der Waals surface area contributed by atoms with Crippen molar-refractivity contribution < 1.29 is 9.15 Å². The summed E-state index contributed by atoms with van der Waals surface area (Å²) >= 11 is 2.07. The van der Waals surface area contributed by atoms with Crippen LogP contribution in [0.5, 0.6) is 0 Å². The van der Waals surface area contributed by atoms with Crippen LogP contribution in [-0.4, -0.2) is 30.3 Å². The molecule has 0 aliphatic carbocycles. The smallest absolute Gasteiger partial charge is 0.120 e. The minimum atomic E-state index is 0.146. The zero-order valence-electron chi connectivity index (χ0n) is 13.0. The highest BCUT2D eigenvalue weighted by atomic mass is 32.2. The molecule has 0 saturated carbocycles. The van der Waals surface area contributed by atoms with E-state index in [9.17, 15) is 0 Å². The summed E-state index contributed by atoms with van der Waals surface area (Å²) < 4.78 is 12.0. The van der Waals surface area contributed by atoms with Crippen molar-refractivity contribution in [2.45, 2.75) is 50.7 Å². The molecule has 2 atom stereocenters. The van der Waals surface area contributed by atoms with E-state index in [1.807, 2.05) is 6.07 Å². The molecule has 0 amide bonds. The Bertz CT molecular complexity index is 409. The molecule has 1 aromatic rings. The summed E-state index contributed by atoms with van der Waals surface area (Å²) in [5, 5.41) is 3.71. The van der Waals surface area contributed by atoms with Gasteiger partial charge in [-0.05, 0) is 68.2 Å². The summed E-state index contributed by atoms with van der Waals surface area (Å²) in [5.41, 5.74) is 0.146. The Morgan fingerprint density at radius 2 is 2.29 bits per heavy atom. The number of hydrogen-bond donors (Lipinski definition) is 1. The number of hydrogen-bond acceptors (Lipinski definition) is 4. The normalized spacial score (nSPS) is 26.8. The second kappa shape index (κ2) is 7.21. The van der Waals surface area contributed by atoms with Crippen LogP contribution in [0, 0.1) is 5.92 Å². The van der Waals surface area contributed by atoms with Gasteiger partial charge in [-0.2, -0.15) is 11.8 Å². The zero-order chi connectivity index (χ0) is 14.5. The van der Waals surface area contributed by atoms with Crippen molar-refractivity contribution in [3.05, 3.63) is 24.2 Å². The number of nitrogens with one attached hydrogen (secondary N) is 1. The molecule has 2 aliphatic heterocycles. The minimum absolute atomic E-state index is 0.146. The first kappa shape index (κ1) is 15.4. The van der Waals surface area contributed by atoms with Crippen LogP contribution < -0.4 is 5.32 Å². The van der Waals surface area contributed by atoms with Gasteiger partial charge >= 0.3 is 0 Å². The Kier molecular flexibility index (Phi) is 5.30. The van der Waals surface area contributed by atoms with Gasteiger partial charge in [-0.1, -0.05) is 6.92 Å². The number of ether oxygens (including phenoxy) is 1. The monoisotopic (exact) mass is 309 g/mol. The fourth-order valence-corrected chi connectivity index (χ4v) is 4.95. The SMILES string of the molecule is CCCNC(c1ccco1)C1CCOC2(CCSCC2)C1. The third-order valence-electron chi connectivity index (χ3n) is 4.87. The topological polar surface area (TPSA) is 34.4 Å². The Morgan fingerprint density at radius 3 is 3.00 bits per heavy atom. The van der Waals surface area contributed by atoms with Gasteiger partial charge in [0, 0.05) is 6.61 Å². The lowest BCUT2D eigenvalue weighted by Crippen LogP contribution is -2.45. The van der Waals surface area contributed by atoms with E-state index in [0.29, 0.717) is 12.0 Å². The van der Waals surface area contributed by atoms with Crippen molar-refractivity contribution in [3.8, 4) is 0 Å². The number of furan rings is 1. The molecule has 2 unspecified atom stereocenters. The van der Waals surface area contributed by atoms with Crippen LogP contribution in [0.3, 0.4) is 0 Å². The highest BCUT2D eigenvalue weighted by Crippen LogP contribution is 2.43. The first-order chi connectivity index (χ1) is 10.3. The molecule has 3 rings (SSSR count). The maximum absolute atomic E-state index is 6.24. The summed E-state index contributed by atoms with van der Waals surface area (Å²) in [5.74, 6) is 4.22. The van der Waals surface area contributed by atoms with Crippen LogP contribution >= 0.6 is 11.8 Å². The molecule has 0 bridgehead atoms.